The van der Waals surface area contributed by atoms with Gasteiger partial charge in [0.05, 0.1) is 7.11 Å². The average Bonchev–Trinajstić information content (AvgIpc) is 2.73. The standard InChI is InChI=1S/C11H15NO2S/c1-8(11(13)14-2)12-5-3-10-9(7-12)4-6-15-10/h4,6,8H,3,5,7H2,1-2H3/t8-/m1/s1. The van der Waals surface area contributed by atoms with Gasteiger partial charge >= 0.3 is 5.97 Å². The van der Waals surface area contributed by atoms with E-state index in [0.717, 1.165) is 19.5 Å². The second kappa shape index (κ2) is 4.33. The molecule has 1 aliphatic heterocycles. The van der Waals surface area contributed by atoms with Crippen molar-refractivity contribution >= 4 is 17.3 Å². The Kier molecular flexibility index (Phi) is 3.07. The van der Waals surface area contributed by atoms with Gasteiger partial charge in [-0.05, 0) is 30.4 Å². The van der Waals surface area contributed by atoms with E-state index in [1.54, 1.807) is 0 Å². The lowest BCUT2D eigenvalue weighted by atomic mass is 10.1. The smallest absolute Gasteiger partial charge is 0.322 e. The van der Waals surface area contributed by atoms with Gasteiger partial charge < -0.3 is 4.74 Å². The van der Waals surface area contributed by atoms with Crippen LogP contribution in [0.5, 0.6) is 0 Å². The summed E-state index contributed by atoms with van der Waals surface area (Å²) in [4.78, 5) is 15.0. The number of hydrogen-bond acceptors (Lipinski definition) is 4. The highest BCUT2D eigenvalue weighted by atomic mass is 32.1. The third-order valence-electron chi connectivity index (χ3n) is 2.93. The summed E-state index contributed by atoms with van der Waals surface area (Å²) in [6.07, 6.45) is 1.05. The summed E-state index contributed by atoms with van der Waals surface area (Å²) in [5.74, 6) is -0.145. The number of nitrogens with zero attached hydrogens (tertiary/aromatic N) is 1. The quantitative estimate of drug-likeness (QED) is 0.717. The molecule has 0 saturated heterocycles. The molecule has 0 aromatic carbocycles. The number of rotatable bonds is 2. The van der Waals surface area contributed by atoms with Crippen molar-refractivity contribution in [2.75, 3.05) is 13.7 Å². The normalized spacial score (nSPS) is 18.3. The molecule has 4 heteroatoms. The maximum Gasteiger partial charge on any atom is 0.322 e. The van der Waals surface area contributed by atoms with Crippen molar-refractivity contribution in [3.8, 4) is 0 Å². The zero-order valence-corrected chi connectivity index (χ0v) is 9.84. The minimum atomic E-state index is -0.145. The molecule has 1 aliphatic rings. The summed E-state index contributed by atoms with van der Waals surface area (Å²) in [6, 6.07) is 2.01. The minimum Gasteiger partial charge on any atom is -0.468 e. The molecular formula is C11H15NO2S. The number of thiophene rings is 1. The predicted molar refractivity (Wildman–Crippen MR) is 59.9 cm³/mol. The van der Waals surface area contributed by atoms with E-state index < -0.39 is 0 Å². The van der Waals surface area contributed by atoms with Crippen molar-refractivity contribution in [2.24, 2.45) is 0 Å². The van der Waals surface area contributed by atoms with Crippen molar-refractivity contribution in [3.05, 3.63) is 21.9 Å². The molecule has 0 fully saturated rings. The van der Waals surface area contributed by atoms with Gasteiger partial charge in [-0.3, -0.25) is 9.69 Å². The number of hydrogen-bond donors (Lipinski definition) is 0. The number of carbonyl (C=O) groups is 1. The zero-order chi connectivity index (χ0) is 10.8. The molecule has 1 aromatic rings. The van der Waals surface area contributed by atoms with Crippen LogP contribution in [0.2, 0.25) is 0 Å². The maximum atomic E-state index is 11.4. The minimum absolute atomic E-state index is 0.136. The number of ether oxygens (including phenoxy) is 1. The molecule has 0 amide bonds. The van der Waals surface area contributed by atoms with Crippen LogP contribution in [0, 0.1) is 0 Å². The van der Waals surface area contributed by atoms with Crippen LogP contribution in [0.1, 0.15) is 17.4 Å². The summed E-state index contributed by atoms with van der Waals surface area (Å²) < 4.78 is 4.76. The number of methoxy groups -OCH3 is 1. The van der Waals surface area contributed by atoms with Crippen molar-refractivity contribution in [1.82, 2.24) is 4.90 Å². The van der Waals surface area contributed by atoms with Gasteiger partial charge in [-0.1, -0.05) is 0 Å². The molecule has 2 rings (SSSR count). The monoisotopic (exact) mass is 225 g/mol. The average molecular weight is 225 g/mol. The first-order valence-electron chi connectivity index (χ1n) is 5.09. The highest BCUT2D eigenvalue weighted by molar-refractivity contribution is 7.10. The molecule has 0 N–H and O–H groups in total. The lowest BCUT2D eigenvalue weighted by Crippen LogP contribution is -2.42. The largest absolute Gasteiger partial charge is 0.468 e. The second-order valence-electron chi connectivity index (χ2n) is 3.79. The van der Waals surface area contributed by atoms with Crippen LogP contribution in [0.3, 0.4) is 0 Å². The van der Waals surface area contributed by atoms with Gasteiger partial charge in [0, 0.05) is 18.0 Å². The lowest BCUT2D eigenvalue weighted by molar-refractivity contribution is -0.146. The topological polar surface area (TPSA) is 29.5 Å². The van der Waals surface area contributed by atoms with E-state index in [2.05, 4.69) is 16.3 Å². The van der Waals surface area contributed by atoms with E-state index in [9.17, 15) is 4.79 Å². The third-order valence-corrected chi connectivity index (χ3v) is 3.95. The van der Waals surface area contributed by atoms with Crippen molar-refractivity contribution in [3.63, 3.8) is 0 Å². The fourth-order valence-electron chi connectivity index (χ4n) is 1.92. The Morgan fingerprint density at radius 3 is 3.20 bits per heavy atom. The predicted octanol–water partition coefficient (Wildman–Crippen LogP) is 1.67. The summed E-state index contributed by atoms with van der Waals surface area (Å²) in [5, 5.41) is 2.12. The SMILES string of the molecule is COC(=O)[C@@H](C)N1CCc2sccc2C1. The Balaban J connectivity index is 2.06. The molecule has 0 saturated carbocycles. The summed E-state index contributed by atoms with van der Waals surface area (Å²) in [7, 11) is 1.44. The molecule has 2 heterocycles. The highest BCUT2D eigenvalue weighted by Gasteiger charge is 2.26. The van der Waals surface area contributed by atoms with Crippen LogP contribution in [0.4, 0.5) is 0 Å². The van der Waals surface area contributed by atoms with Crippen molar-refractivity contribution in [1.29, 1.82) is 0 Å². The van der Waals surface area contributed by atoms with Crippen LogP contribution < -0.4 is 0 Å². The molecule has 0 radical (unpaired) electrons. The van der Waals surface area contributed by atoms with Gasteiger partial charge in [0.15, 0.2) is 0 Å². The first-order valence-corrected chi connectivity index (χ1v) is 5.97. The Labute approximate surface area is 93.7 Å². The third kappa shape index (κ3) is 2.06. The first kappa shape index (κ1) is 10.6. The Bertz CT molecular complexity index is 361. The van der Waals surface area contributed by atoms with Crippen LogP contribution in [-0.2, 0) is 22.5 Å². The molecule has 3 nitrogen and oxygen atoms in total. The maximum absolute atomic E-state index is 11.4. The Morgan fingerprint density at radius 1 is 1.67 bits per heavy atom. The molecule has 0 aliphatic carbocycles. The fourth-order valence-corrected chi connectivity index (χ4v) is 2.81. The van der Waals surface area contributed by atoms with E-state index in [4.69, 9.17) is 4.74 Å². The summed E-state index contributed by atoms with van der Waals surface area (Å²) in [5.41, 5.74) is 1.36. The van der Waals surface area contributed by atoms with Crippen LogP contribution in [0.15, 0.2) is 11.4 Å². The first-order chi connectivity index (χ1) is 7.22. The molecule has 0 bridgehead atoms. The Hall–Kier alpha value is -0.870. The molecule has 1 atom stereocenters. The molecule has 15 heavy (non-hydrogen) atoms. The van der Waals surface area contributed by atoms with Gasteiger partial charge in [0.25, 0.3) is 0 Å². The van der Waals surface area contributed by atoms with E-state index >= 15 is 0 Å². The molecular weight excluding hydrogens is 210 g/mol. The van der Waals surface area contributed by atoms with Gasteiger partial charge in [0.2, 0.25) is 0 Å². The molecule has 1 aromatic heterocycles. The van der Waals surface area contributed by atoms with Crippen LogP contribution >= 0.6 is 11.3 Å². The summed E-state index contributed by atoms with van der Waals surface area (Å²) in [6.45, 7) is 3.72. The van der Waals surface area contributed by atoms with Crippen LogP contribution in [0.25, 0.3) is 0 Å². The number of fused-ring (bicyclic) bond motifs is 1. The second-order valence-corrected chi connectivity index (χ2v) is 4.79. The Morgan fingerprint density at radius 2 is 2.47 bits per heavy atom. The lowest BCUT2D eigenvalue weighted by Gasteiger charge is -2.30. The fraction of sp³-hybridized carbons (Fsp3) is 0.545. The van der Waals surface area contributed by atoms with E-state index in [1.807, 2.05) is 18.3 Å². The van der Waals surface area contributed by atoms with E-state index in [-0.39, 0.29) is 12.0 Å². The molecule has 82 valence electrons. The van der Waals surface area contributed by atoms with Crippen molar-refractivity contribution in [2.45, 2.75) is 25.9 Å². The van der Waals surface area contributed by atoms with E-state index in [0.29, 0.717) is 0 Å². The number of esters is 1. The van der Waals surface area contributed by atoms with Gasteiger partial charge in [-0.15, -0.1) is 11.3 Å². The van der Waals surface area contributed by atoms with Gasteiger partial charge in [0.1, 0.15) is 6.04 Å². The highest BCUT2D eigenvalue weighted by Crippen LogP contribution is 2.25. The summed E-state index contributed by atoms with van der Waals surface area (Å²) >= 11 is 1.81. The van der Waals surface area contributed by atoms with Crippen molar-refractivity contribution < 1.29 is 9.53 Å². The molecule has 0 unspecified atom stereocenters. The van der Waals surface area contributed by atoms with E-state index in [1.165, 1.54) is 17.6 Å². The molecule has 0 spiro atoms. The van der Waals surface area contributed by atoms with Gasteiger partial charge in [-0.2, -0.15) is 0 Å². The number of carbonyl (C=O) groups excluding carboxylic acids is 1. The zero-order valence-electron chi connectivity index (χ0n) is 9.03. The van der Waals surface area contributed by atoms with Gasteiger partial charge in [-0.25, -0.2) is 0 Å². The van der Waals surface area contributed by atoms with Crippen LogP contribution in [-0.4, -0.2) is 30.6 Å².